The first-order valence-electron chi connectivity index (χ1n) is 5.84. The number of aryl methyl sites for hydroxylation is 1. The van der Waals surface area contributed by atoms with E-state index in [2.05, 4.69) is 4.98 Å². The van der Waals surface area contributed by atoms with Gasteiger partial charge in [0.2, 0.25) is 0 Å². The molecule has 0 unspecified atom stereocenters. The Morgan fingerprint density at radius 1 is 1.20 bits per heavy atom. The smallest absolute Gasteiger partial charge is 0.184 e. The zero-order chi connectivity index (χ0) is 14.4. The molecule has 2 nitrogen and oxygen atoms in total. The van der Waals surface area contributed by atoms with Gasteiger partial charge in [0, 0.05) is 0 Å². The second-order valence-electron chi connectivity index (χ2n) is 4.48. The number of fused-ring (bicyclic) bond motifs is 1. The monoisotopic (exact) mass is 310 g/mol. The summed E-state index contributed by atoms with van der Waals surface area (Å²) in [6.07, 6.45) is 0. The third-order valence-electron chi connectivity index (χ3n) is 3.08. The van der Waals surface area contributed by atoms with E-state index in [0.717, 1.165) is 11.6 Å². The highest BCUT2D eigenvalue weighted by Crippen LogP contribution is 2.28. The van der Waals surface area contributed by atoms with Gasteiger partial charge in [-0.3, -0.25) is 4.57 Å². The van der Waals surface area contributed by atoms with E-state index >= 15 is 0 Å². The second kappa shape index (κ2) is 4.68. The summed E-state index contributed by atoms with van der Waals surface area (Å²) in [5.41, 5.74) is 1.94. The van der Waals surface area contributed by atoms with Gasteiger partial charge in [0.15, 0.2) is 16.4 Å². The Morgan fingerprint density at radius 2 is 1.95 bits per heavy atom. The van der Waals surface area contributed by atoms with Crippen LogP contribution in [0.25, 0.3) is 16.7 Å². The number of hydrogen-bond donors (Lipinski definition) is 1. The van der Waals surface area contributed by atoms with Crippen molar-refractivity contribution in [3.8, 4) is 5.69 Å². The van der Waals surface area contributed by atoms with Crippen molar-refractivity contribution in [3.63, 3.8) is 0 Å². The first kappa shape index (κ1) is 13.3. The van der Waals surface area contributed by atoms with Crippen molar-refractivity contribution in [1.29, 1.82) is 0 Å². The molecule has 20 heavy (non-hydrogen) atoms. The average Bonchev–Trinajstić information content (AvgIpc) is 2.74. The summed E-state index contributed by atoms with van der Waals surface area (Å²) in [6.45, 7) is 1.88. The van der Waals surface area contributed by atoms with E-state index in [1.807, 2.05) is 13.0 Å². The number of hydrogen-bond acceptors (Lipinski definition) is 1. The number of nitrogens with one attached hydrogen (secondary N) is 1. The van der Waals surface area contributed by atoms with Crippen LogP contribution in [0.2, 0.25) is 5.02 Å². The number of rotatable bonds is 1. The Bertz CT molecular complexity index is 883. The molecule has 0 bridgehead atoms. The fourth-order valence-electron chi connectivity index (χ4n) is 2.16. The fraction of sp³-hybridized carbons (Fsp3) is 0.0714. The molecular formula is C14H9ClF2N2S. The molecule has 0 aliphatic carbocycles. The van der Waals surface area contributed by atoms with E-state index in [1.54, 1.807) is 12.1 Å². The molecule has 3 rings (SSSR count). The predicted octanol–water partition coefficient (Wildman–Crippen LogP) is 4.93. The molecule has 0 fully saturated rings. The summed E-state index contributed by atoms with van der Waals surface area (Å²) >= 11 is 11.4. The quantitative estimate of drug-likeness (QED) is 0.632. The topological polar surface area (TPSA) is 20.7 Å². The van der Waals surface area contributed by atoms with Crippen molar-refractivity contribution in [2.45, 2.75) is 6.92 Å². The molecule has 2 aromatic carbocycles. The lowest BCUT2D eigenvalue weighted by Gasteiger charge is -2.09. The fourth-order valence-corrected chi connectivity index (χ4v) is 2.66. The molecule has 0 aliphatic heterocycles. The van der Waals surface area contributed by atoms with Gasteiger partial charge in [-0.15, -0.1) is 0 Å². The molecule has 0 atom stereocenters. The number of aromatic nitrogens is 2. The first-order chi connectivity index (χ1) is 9.49. The molecule has 3 aromatic rings. The van der Waals surface area contributed by atoms with Crippen molar-refractivity contribution in [2.75, 3.05) is 0 Å². The summed E-state index contributed by atoms with van der Waals surface area (Å²) in [5, 5.41) is 0.413. The largest absolute Gasteiger partial charge is 0.330 e. The van der Waals surface area contributed by atoms with Crippen LogP contribution in [0.3, 0.4) is 0 Å². The molecule has 0 aliphatic rings. The number of nitrogens with zero attached hydrogens (tertiary/aromatic N) is 1. The van der Waals surface area contributed by atoms with Gasteiger partial charge in [0.1, 0.15) is 5.52 Å². The number of halogens is 3. The van der Waals surface area contributed by atoms with Crippen LogP contribution in [-0.4, -0.2) is 9.55 Å². The van der Waals surface area contributed by atoms with Crippen LogP contribution in [0.4, 0.5) is 8.78 Å². The Balaban J connectivity index is 2.48. The summed E-state index contributed by atoms with van der Waals surface area (Å²) in [5.74, 6) is -1.88. The highest BCUT2D eigenvalue weighted by Gasteiger charge is 2.16. The van der Waals surface area contributed by atoms with Gasteiger partial charge in [-0.25, -0.2) is 8.78 Å². The van der Waals surface area contributed by atoms with Gasteiger partial charge in [-0.2, -0.15) is 0 Å². The lowest BCUT2D eigenvalue weighted by Crippen LogP contribution is -1.98. The van der Waals surface area contributed by atoms with E-state index in [9.17, 15) is 8.78 Å². The second-order valence-corrected chi connectivity index (χ2v) is 5.27. The van der Waals surface area contributed by atoms with Gasteiger partial charge < -0.3 is 4.98 Å². The third kappa shape index (κ3) is 1.94. The molecule has 0 radical (unpaired) electrons. The minimum Gasteiger partial charge on any atom is -0.330 e. The van der Waals surface area contributed by atoms with E-state index < -0.39 is 11.6 Å². The maximum atomic E-state index is 14.1. The Labute approximate surface area is 123 Å². The maximum absolute atomic E-state index is 14.1. The Kier molecular flexibility index (Phi) is 3.11. The van der Waals surface area contributed by atoms with E-state index in [0.29, 0.717) is 16.2 Å². The molecule has 6 heteroatoms. The lowest BCUT2D eigenvalue weighted by molar-refractivity contribution is 0.514. The average molecular weight is 311 g/mol. The van der Waals surface area contributed by atoms with Gasteiger partial charge in [-0.05, 0) is 49.0 Å². The molecule has 102 valence electrons. The van der Waals surface area contributed by atoms with Crippen molar-refractivity contribution < 1.29 is 8.78 Å². The molecule has 1 aromatic heterocycles. The standard InChI is InChI=1S/C14H9ClF2N2S/c1-7-2-3-8(15)11(6-7)19-13-10(18-14(19)20)5-4-9(16)12(13)17/h2-6H,1H3,(H,18,20). The summed E-state index contributed by atoms with van der Waals surface area (Å²) in [6, 6.07) is 7.82. The molecule has 1 N–H and O–H groups in total. The van der Waals surface area contributed by atoms with Crippen molar-refractivity contribution in [1.82, 2.24) is 9.55 Å². The summed E-state index contributed by atoms with van der Waals surface area (Å²) in [7, 11) is 0. The van der Waals surface area contributed by atoms with Crippen LogP contribution in [0, 0.1) is 23.3 Å². The van der Waals surface area contributed by atoms with Crippen LogP contribution in [0.15, 0.2) is 30.3 Å². The van der Waals surface area contributed by atoms with Gasteiger partial charge in [0.05, 0.1) is 16.2 Å². The zero-order valence-corrected chi connectivity index (χ0v) is 11.9. The van der Waals surface area contributed by atoms with Crippen molar-refractivity contribution in [2.24, 2.45) is 0 Å². The first-order valence-corrected chi connectivity index (χ1v) is 6.63. The van der Waals surface area contributed by atoms with Crippen LogP contribution in [0.1, 0.15) is 5.56 Å². The molecule has 0 spiro atoms. The molecule has 0 amide bonds. The van der Waals surface area contributed by atoms with Gasteiger partial charge in [0.25, 0.3) is 0 Å². The van der Waals surface area contributed by atoms with E-state index in [1.165, 1.54) is 10.6 Å². The molecule has 0 saturated carbocycles. The van der Waals surface area contributed by atoms with Gasteiger partial charge >= 0.3 is 0 Å². The SMILES string of the molecule is Cc1ccc(Cl)c(-n2c(=S)[nH]c3ccc(F)c(F)c32)c1. The summed E-state index contributed by atoms with van der Waals surface area (Å²) in [4.78, 5) is 2.85. The highest BCUT2D eigenvalue weighted by molar-refractivity contribution is 7.71. The van der Waals surface area contributed by atoms with E-state index in [-0.39, 0.29) is 10.3 Å². The van der Waals surface area contributed by atoms with Crippen LogP contribution < -0.4 is 0 Å². The van der Waals surface area contributed by atoms with Crippen LogP contribution in [-0.2, 0) is 0 Å². The minimum absolute atomic E-state index is 0.0579. The Morgan fingerprint density at radius 3 is 2.70 bits per heavy atom. The number of H-pyrrole nitrogens is 1. The third-order valence-corrected chi connectivity index (χ3v) is 3.68. The molecule has 0 saturated heterocycles. The van der Waals surface area contributed by atoms with Crippen molar-refractivity contribution in [3.05, 3.63) is 57.3 Å². The van der Waals surface area contributed by atoms with Crippen LogP contribution in [0.5, 0.6) is 0 Å². The zero-order valence-electron chi connectivity index (χ0n) is 10.4. The number of imidazole rings is 1. The lowest BCUT2D eigenvalue weighted by atomic mass is 10.2. The highest BCUT2D eigenvalue weighted by atomic mass is 35.5. The van der Waals surface area contributed by atoms with Crippen LogP contribution >= 0.6 is 23.8 Å². The number of aromatic amines is 1. The normalized spacial score (nSPS) is 11.2. The molecule has 1 heterocycles. The molecular weight excluding hydrogens is 302 g/mol. The van der Waals surface area contributed by atoms with Gasteiger partial charge in [-0.1, -0.05) is 17.7 Å². The minimum atomic E-state index is -0.951. The predicted molar refractivity (Wildman–Crippen MR) is 78.1 cm³/mol. The van der Waals surface area contributed by atoms with E-state index in [4.69, 9.17) is 23.8 Å². The summed E-state index contributed by atoms with van der Waals surface area (Å²) < 4.78 is 29.2. The Hall–Kier alpha value is -1.72. The number of benzene rings is 2. The maximum Gasteiger partial charge on any atom is 0.184 e. The van der Waals surface area contributed by atoms with Crippen molar-refractivity contribution >= 4 is 34.9 Å².